The zero-order chi connectivity index (χ0) is 19.9. The van der Waals surface area contributed by atoms with E-state index in [0.717, 1.165) is 0 Å². The Bertz CT molecular complexity index is 915. The van der Waals surface area contributed by atoms with E-state index >= 15 is 0 Å². The Hall–Kier alpha value is -3.29. The number of rotatable bonds is 3. The molecular weight excluding hydrogens is 352 g/mol. The highest BCUT2D eigenvalue weighted by atomic mass is 16.6. The number of nitrogens with one attached hydrogen (secondary N) is 1. The van der Waals surface area contributed by atoms with E-state index in [4.69, 9.17) is 19.9 Å². The summed E-state index contributed by atoms with van der Waals surface area (Å²) in [5, 5.41) is 2.79. The van der Waals surface area contributed by atoms with Gasteiger partial charge < -0.3 is 25.3 Å². The first-order valence-corrected chi connectivity index (χ1v) is 8.34. The van der Waals surface area contributed by atoms with Crippen molar-refractivity contribution in [1.82, 2.24) is 5.32 Å². The molecule has 27 heavy (non-hydrogen) atoms. The highest BCUT2D eigenvalue weighted by Gasteiger charge is 2.59. The fourth-order valence-electron chi connectivity index (χ4n) is 3.42. The second kappa shape index (κ2) is 6.46. The topological polar surface area (TPSA) is 117 Å². The number of benzene rings is 1. The van der Waals surface area contributed by atoms with Crippen LogP contribution < -0.4 is 11.1 Å². The first kappa shape index (κ1) is 18.5. The maximum atomic E-state index is 12.9. The maximum Gasteiger partial charge on any atom is 0.342 e. The Labute approximate surface area is 155 Å². The Balaban J connectivity index is 2.35. The monoisotopic (exact) mass is 372 g/mol. The standard InChI is InChI=1S/C19H20N2O6/c1-9(2)26-18(24)14-15(20)21-10(3)13(17(23)25-4)19(14)12-8-6-5-7-11(12)16(22)27-19/h5-9,21H,20H2,1-4H3. The van der Waals surface area contributed by atoms with E-state index in [0.29, 0.717) is 11.3 Å². The molecule has 1 aromatic rings. The average molecular weight is 372 g/mol. The van der Waals surface area contributed by atoms with E-state index in [1.54, 1.807) is 45.0 Å². The quantitative estimate of drug-likeness (QED) is 0.601. The van der Waals surface area contributed by atoms with Gasteiger partial charge in [-0.1, -0.05) is 18.2 Å². The van der Waals surface area contributed by atoms with Crippen molar-refractivity contribution in [2.45, 2.75) is 32.5 Å². The molecule has 0 saturated heterocycles. The van der Waals surface area contributed by atoms with Gasteiger partial charge >= 0.3 is 17.9 Å². The van der Waals surface area contributed by atoms with Crippen LogP contribution in [0.25, 0.3) is 0 Å². The van der Waals surface area contributed by atoms with Crippen molar-refractivity contribution in [2.75, 3.05) is 7.11 Å². The molecule has 0 aliphatic carbocycles. The zero-order valence-corrected chi connectivity index (χ0v) is 15.4. The largest absolute Gasteiger partial charge is 0.465 e. The van der Waals surface area contributed by atoms with Crippen LogP contribution in [0.3, 0.4) is 0 Å². The maximum absolute atomic E-state index is 12.9. The normalized spacial score (nSPS) is 21.1. The number of methoxy groups -OCH3 is 1. The highest BCUT2D eigenvalue weighted by molar-refractivity contribution is 6.06. The molecule has 0 fully saturated rings. The molecule has 0 radical (unpaired) electrons. The summed E-state index contributed by atoms with van der Waals surface area (Å²) in [6.07, 6.45) is -0.448. The lowest BCUT2D eigenvalue weighted by molar-refractivity contribution is -0.145. The van der Waals surface area contributed by atoms with E-state index in [1.165, 1.54) is 7.11 Å². The lowest BCUT2D eigenvalue weighted by atomic mass is 9.76. The van der Waals surface area contributed by atoms with Gasteiger partial charge in [-0.05, 0) is 26.8 Å². The number of esters is 3. The lowest BCUT2D eigenvalue weighted by Gasteiger charge is -2.37. The van der Waals surface area contributed by atoms with Crippen molar-refractivity contribution in [1.29, 1.82) is 0 Å². The predicted molar refractivity (Wildman–Crippen MR) is 93.8 cm³/mol. The van der Waals surface area contributed by atoms with Crippen LogP contribution in [-0.4, -0.2) is 31.1 Å². The van der Waals surface area contributed by atoms with Gasteiger partial charge in [0.05, 0.1) is 18.8 Å². The van der Waals surface area contributed by atoms with Crippen molar-refractivity contribution < 1.29 is 28.6 Å². The van der Waals surface area contributed by atoms with Crippen LogP contribution in [-0.2, 0) is 29.4 Å². The fourth-order valence-corrected chi connectivity index (χ4v) is 3.42. The summed E-state index contributed by atoms with van der Waals surface area (Å²) >= 11 is 0. The molecule has 3 rings (SSSR count). The number of carbonyl (C=O) groups excluding carboxylic acids is 3. The van der Waals surface area contributed by atoms with Crippen molar-refractivity contribution >= 4 is 17.9 Å². The molecule has 1 aromatic carbocycles. The molecule has 0 amide bonds. The van der Waals surface area contributed by atoms with Gasteiger partial charge in [-0.25, -0.2) is 14.4 Å². The van der Waals surface area contributed by atoms with Crippen molar-refractivity contribution in [3.05, 3.63) is 58.1 Å². The average Bonchev–Trinajstić information content (AvgIpc) is 2.87. The molecule has 2 aliphatic heterocycles. The van der Waals surface area contributed by atoms with Gasteiger partial charge in [0.2, 0.25) is 5.60 Å². The predicted octanol–water partition coefficient (Wildman–Crippen LogP) is 1.22. The number of nitrogens with two attached hydrogens (primary N) is 1. The van der Waals surface area contributed by atoms with E-state index in [2.05, 4.69) is 5.32 Å². The number of ether oxygens (including phenoxy) is 3. The Morgan fingerprint density at radius 1 is 1.19 bits per heavy atom. The van der Waals surface area contributed by atoms with Crippen molar-refractivity contribution in [2.24, 2.45) is 5.73 Å². The third-order valence-electron chi connectivity index (χ3n) is 4.38. The number of hydrogen-bond donors (Lipinski definition) is 2. The molecule has 1 spiro atoms. The molecule has 3 N–H and O–H groups in total. The lowest BCUT2D eigenvalue weighted by Crippen LogP contribution is -2.47. The molecule has 0 saturated carbocycles. The van der Waals surface area contributed by atoms with E-state index < -0.39 is 29.6 Å². The first-order valence-electron chi connectivity index (χ1n) is 8.34. The molecule has 1 atom stereocenters. The van der Waals surface area contributed by atoms with Crippen molar-refractivity contribution in [3.63, 3.8) is 0 Å². The molecular formula is C19H20N2O6. The van der Waals surface area contributed by atoms with Crippen LogP contribution in [0.2, 0.25) is 0 Å². The fraction of sp³-hybridized carbons (Fsp3) is 0.316. The van der Waals surface area contributed by atoms with Gasteiger partial charge in [-0.3, -0.25) is 0 Å². The van der Waals surface area contributed by atoms with Gasteiger partial charge in [0.15, 0.2) is 0 Å². The number of dihydropyridines is 1. The summed E-state index contributed by atoms with van der Waals surface area (Å²) in [6.45, 7) is 4.93. The summed E-state index contributed by atoms with van der Waals surface area (Å²) in [5.74, 6) is -2.29. The van der Waals surface area contributed by atoms with Gasteiger partial charge in [0, 0.05) is 11.3 Å². The minimum absolute atomic E-state index is 0.0341. The minimum atomic E-state index is -1.84. The van der Waals surface area contributed by atoms with Gasteiger partial charge in [0.25, 0.3) is 0 Å². The summed E-state index contributed by atoms with van der Waals surface area (Å²) in [5.41, 5.74) is 4.93. The van der Waals surface area contributed by atoms with Crippen LogP contribution >= 0.6 is 0 Å². The van der Waals surface area contributed by atoms with Crippen LogP contribution in [0.1, 0.15) is 36.7 Å². The molecule has 2 heterocycles. The van der Waals surface area contributed by atoms with Crippen LogP contribution in [0.15, 0.2) is 46.9 Å². The third-order valence-corrected chi connectivity index (χ3v) is 4.38. The SMILES string of the molecule is COC(=O)C1=C(C)NC(N)=C(C(=O)OC(C)C)C12OC(=O)c1ccccc12. The molecule has 0 bridgehead atoms. The number of hydrogen-bond acceptors (Lipinski definition) is 8. The second-order valence-electron chi connectivity index (χ2n) is 6.48. The summed E-state index contributed by atoms with van der Waals surface area (Å²) in [6, 6.07) is 6.50. The van der Waals surface area contributed by atoms with E-state index in [1.807, 2.05) is 0 Å². The molecule has 142 valence electrons. The van der Waals surface area contributed by atoms with Crippen LogP contribution in [0.5, 0.6) is 0 Å². The number of carbonyl (C=O) groups is 3. The molecule has 0 aromatic heterocycles. The summed E-state index contributed by atoms with van der Waals surface area (Å²) in [4.78, 5) is 38.1. The highest BCUT2D eigenvalue weighted by Crippen LogP contribution is 2.50. The zero-order valence-electron chi connectivity index (χ0n) is 15.4. The Kier molecular flexibility index (Phi) is 4.43. The third kappa shape index (κ3) is 2.64. The Morgan fingerprint density at radius 2 is 1.85 bits per heavy atom. The van der Waals surface area contributed by atoms with E-state index in [9.17, 15) is 14.4 Å². The summed E-state index contributed by atoms with van der Waals surface area (Å²) < 4.78 is 15.9. The first-order chi connectivity index (χ1) is 12.7. The van der Waals surface area contributed by atoms with Crippen LogP contribution in [0, 0.1) is 0 Å². The number of fused-ring (bicyclic) bond motifs is 2. The molecule has 8 heteroatoms. The van der Waals surface area contributed by atoms with Crippen molar-refractivity contribution in [3.8, 4) is 0 Å². The molecule has 8 nitrogen and oxygen atoms in total. The molecule has 2 aliphatic rings. The van der Waals surface area contributed by atoms with E-state index in [-0.39, 0.29) is 22.5 Å². The van der Waals surface area contributed by atoms with Crippen LogP contribution in [0.4, 0.5) is 0 Å². The van der Waals surface area contributed by atoms with Gasteiger partial charge in [-0.15, -0.1) is 0 Å². The number of allylic oxidation sites excluding steroid dienone is 1. The second-order valence-corrected chi connectivity index (χ2v) is 6.48. The van der Waals surface area contributed by atoms with Gasteiger partial charge in [-0.2, -0.15) is 0 Å². The van der Waals surface area contributed by atoms with Gasteiger partial charge in [0.1, 0.15) is 17.0 Å². The minimum Gasteiger partial charge on any atom is -0.465 e. The molecule has 1 unspecified atom stereocenters. The summed E-state index contributed by atoms with van der Waals surface area (Å²) in [7, 11) is 1.20. The Morgan fingerprint density at radius 3 is 2.48 bits per heavy atom. The smallest absolute Gasteiger partial charge is 0.342 e.